The van der Waals surface area contributed by atoms with Crippen LogP contribution in [0, 0.1) is 10.1 Å². The van der Waals surface area contributed by atoms with Crippen molar-refractivity contribution >= 4 is 23.5 Å². The van der Waals surface area contributed by atoms with Crippen LogP contribution in [0.1, 0.15) is 39.2 Å². The zero-order valence-corrected chi connectivity index (χ0v) is 18.0. The van der Waals surface area contributed by atoms with Gasteiger partial charge in [-0.25, -0.2) is 9.59 Å². The van der Waals surface area contributed by atoms with Gasteiger partial charge in [0.15, 0.2) is 0 Å². The van der Waals surface area contributed by atoms with Gasteiger partial charge in [0, 0.05) is 29.1 Å². The molecule has 0 fully saturated rings. The molecule has 0 unspecified atom stereocenters. The summed E-state index contributed by atoms with van der Waals surface area (Å²) in [6.45, 7) is 6.58. The van der Waals surface area contributed by atoms with E-state index in [-0.39, 0.29) is 23.4 Å². The Morgan fingerprint density at radius 2 is 1.87 bits per heavy atom. The summed E-state index contributed by atoms with van der Waals surface area (Å²) in [6, 6.07) is 4.76. The van der Waals surface area contributed by atoms with E-state index in [2.05, 4.69) is 10.6 Å². The monoisotopic (exact) mass is 431 g/mol. The molecule has 0 bridgehead atoms. The first-order valence-corrected chi connectivity index (χ1v) is 9.61. The molecule has 0 spiro atoms. The Labute approximate surface area is 179 Å². The van der Waals surface area contributed by atoms with Gasteiger partial charge in [0.25, 0.3) is 11.6 Å². The minimum atomic E-state index is -0.942. The number of nitro groups is 1. The van der Waals surface area contributed by atoms with Crippen LogP contribution in [0.25, 0.3) is 0 Å². The van der Waals surface area contributed by atoms with Crippen LogP contribution in [0.4, 0.5) is 5.69 Å². The van der Waals surface area contributed by atoms with E-state index in [4.69, 9.17) is 9.47 Å². The molecule has 1 aliphatic rings. The molecule has 0 saturated heterocycles. The number of nitrogens with one attached hydrogen (secondary N) is 2. The Bertz CT molecular complexity index is 981. The van der Waals surface area contributed by atoms with E-state index in [0.717, 1.165) is 0 Å². The maximum Gasteiger partial charge on any atom is 0.336 e. The molecule has 31 heavy (non-hydrogen) atoms. The maximum atomic E-state index is 13.2. The first kappa shape index (κ1) is 23.6. The number of carbonyl (C=O) groups excluding carboxylic acids is 3. The van der Waals surface area contributed by atoms with Crippen LogP contribution in [0.5, 0.6) is 0 Å². The maximum absolute atomic E-state index is 13.2. The number of nitrogens with zero attached hydrogens (tertiary/aromatic N) is 1. The van der Waals surface area contributed by atoms with Gasteiger partial charge in [-0.15, -0.1) is 0 Å². The zero-order chi connectivity index (χ0) is 23.3. The van der Waals surface area contributed by atoms with Crippen molar-refractivity contribution in [2.75, 3.05) is 13.7 Å². The third kappa shape index (κ3) is 5.08. The summed E-state index contributed by atoms with van der Waals surface area (Å²) in [5, 5.41) is 16.8. The van der Waals surface area contributed by atoms with Gasteiger partial charge in [0.05, 0.1) is 30.1 Å². The van der Waals surface area contributed by atoms with Crippen LogP contribution in [0.15, 0.2) is 46.8 Å². The molecule has 0 aromatic heterocycles. The molecule has 1 aliphatic heterocycles. The van der Waals surface area contributed by atoms with Crippen molar-refractivity contribution in [1.82, 2.24) is 10.6 Å². The Morgan fingerprint density at radius 1 is 1.23 bits per heavy atom. The molecular formula is C21H25N3O7. The topological polar surface area (TPSA) is 137 Å². The number of dihydropyridines is 1. The fourth-order valence-electron chi connectivity index (χ4n) is 3.43. The molecule has 2 N–H and O–H groups in total. The molecule has 2 atom stereocenters. The van der Waals surface area contributed by atoms with Crippen LogP contribution in [0.3, 0.4) is 0 Å². The molecule has 166 valence electrons. The third-order valence-electron chi connectivity index (χ3n) is 4.81. The summed E-state index contributed by atoms with van der Waals surface area (Å²) < 4.78 is 9.83. The Balaban J connectivity index is 2.58. The van der Waals surface area contributed by atoms with Crippen LogP contribution in [-0.2, 0) is 23.9 Å². The van der Waals surface area contributed by atoms with Crippen molar-refractivity contribution in [3.63, 3.8) is 0 Å². The summed E-state index contributed by atoms with van der Waals surface area (Å²) in [7, 11) is 1.21. The normalized spacial score (nSPS) is 16.9. The number of nitro benzene ring substituents is 1. The predicted molar refractivity (Wildman–Crippen MR) is 111 cm³/mol. The average Bonchev–Trinajstić information content (AvgIpc) is 2.72. The van der Waals surface area contributed by atoms with Gasteiger partial charge in [-0.2, -0.15) is 0 Å². The molecule has 10 nitrogen and oxygen atoms in total. The average molecular weight is 431 g/mol. The molecule has 10 heteroatoms. The van der Waals surface area contributed by atoms with Crippen molar-refractivity contribution in [2.24, 2.45) is 0 Å². The number of amides is 1. The number of carbonyl (C=O) groups is 3. The van der Waals surface area contributed by atoms with Crippen molar-refractivity contribution in [3.8, 4) is 0 Å². The second-order valence-corrected chi connectivity index (χ2v) is 6.93. The number of ether oxygens (including phenoxy) is 2. The number of methoxy groups -OCH3 is 1. The fourth-order valence-corrected chi connectivity index (χ4v) is 3.43. The number of hydrogen-bond donors (Lipinski definition) is 2. The zero-order valence-electron chi connectivity index (χ0n) is 18.0. The van der Waals surface area contributed by atoms with Crippen molar-refractivity contribution < 1.29 is 28.8 Å². The van der Waals surface area contributed by atoms with E-state index in [9.17, 15) is 24.5 Å². The fraction of sp³-hybridized carbons (Fsp3) is 0.381. The van der Waals surface area contributed by atoms with E-state index >= 15 is 0 Å². The van der Waals surface area contributed by atoms with Gasteiger partial charge in [-0.3, -0.25) is 14.9 Å². The molecule has 1 heterocycles. The quantitative estimate of drug-likeness (QED) is 0.380. The SMILES string of the molecule is CCOC(=O)[C@H](C)NC(=O)C1=C(C)NC(C)=C(C(=O)OC)[C@H]1c1cccc([N+](=O)[O-])c1. The van der Waals surface area contributed by atoms with E-state index in [1.165, 1.54) is 32.2 Å². The number of non-ortho nitro benzene ring substituents is 1. The van der Waals surface area contributed by atoms with Crippen LogP contribution >= 0.6 is 0 Å². The first-order valence-electron chi connectivity index (χ1n) is 9.61. The highest BCUT2D eigenvalue weighted by molar-refractivity contribution is 6.03. The minimum Gasteiger partial charge on any atom is -0.466 e. The molecule has 2 rings (SSSR count). The van der Waals surface area contributed by atoms with E-state index < -0.39 is 34.7 Å². The molecule has 1 aromatic rings. The van der Waals surface area contributed by atoms with E-state index in [1.54, 1.807) is 26.8 Å². The van der Waals surface area contributed by atoms with Gasteiger partial charge in [0.1, 0.15) is 6.04 Å². The highest BCUT2D eigenvalue weighted by Gasteiger charge is 2.38. The third-order valence-corrected chi connectivity index (χ3v) is 4.81. The van der Waals surface area contributed by atoms with Gasteiger partial charge in [0.2, 0.25) is 0 Å². The summed E-state index contributed by atoms with van der Waals surface area (Å²) in [5.74, 6) is -2.85. The second-order valence-electron chi connectivity index (χ2n) is 6.93. The number of allylic oxidation sites excluding steroid dienone is 2. The first-order chi connectivity index (χ1) is 14.6. The lowest BCUT2D eigenvalue weighted by molar-refractivity contribution is -0.384. The van der Waals surface area contributed by atoms with Crippen LogP contribution in [0.2, 0.25) is 0 Å². The molecule has 1 aromatic carbocycles. The Hall–Kier alpha value is -3.69. The molecule has 1 amide bonds. The Kier molecular flexibility index (Phi) is 7.51. The molecule has 0 saturated carbocycles. The lowest BCUT2D eigenvalue weighted by atomic mass is 9.80. The molecule has 0 radical (unpaired) electrons. The summed E-state index contributed by atoms with van der Waals surface area (Å²) in [6.07, 6.45) is 0. The lowest BCUT2D eigenvalue weighted by Gasteiger charge is -2.31. The lowest BCUT2D eigenvalue weighted by Crippen LogP contribution is -2.43. The summed E-state index contributed by atoms with van der Waals surface area (Å²) in [4.78, 5) is 48.4. The van der Waals surface area contributed by atoms with Gasteiger partial charge in [-0.05, 0) is 33.3 Å². The van der Waals surface area contributed by atoms with Crippen molar-refractivity contribution in [1.29, 1.82) is 0 Å². The molecule has 0 aliphatic carbocycles. The predicted octanol–water partition coefficient (Wildman–Crippen LogP) is 2.07. The van der Waals surface area contributed by atoms with Crippen molar-refractivity contribution in [3.05, 3.63) is 62.5 Å². The number of benzene rings is 1. The highest BCUT2D eigenvalue weighted by Crippen LogP contribution is 2.39. The van der Waals surface area contributed by atoms with Gasteiger partial charge in [-0.1, -0.05) is 12.1 Å². The largest absolute Gasteiger partial charge is 0.466 e. The summed E-state index contributed by atoms with van der Waals surface area (Å²) in [5.41, 5.74) is 1.36. The van der Waals surface area contributed by atoms with E-state index in [1.807, 2.05) is 0 Å². The second kappa shape index (κ2) is 9.88. The smallest absolute Gasteiger partial charge is 0.336 e. The number of esters is 2. The number of rotatable bonds is 7. The van der Waals surface area contributed by atoms with Crippen LogP contribution < -0.4 is 10.6 Å². The van der Waals surface area contributed by atoms with Gasteiger partial charge < -0.3 is 20.1 Å². The molecular weight excluding hydrogens is 406 g/mol. The Morgan fingerprint density at radius 3 is 2.45 bits per heavy atom. The standard InChI is InChI=1S/C21H25N3O7/c1-6-31-20(26)13(4)23-19(25)16-11(2)22-12(3)17(21(27)30-5)18(16)14-8-7-9-15(10-14)24(28)29/h7-10,13,18,22H,6H2,1-5H3,(H,23,25)/t13-,18-/m0/s1. The van der Waals surface area contributed by atoms with E-state index in [0.29, 0.717) is 17.0 Å². The van der Waals surface area contributed by atoms with Crippen molar-refractivity contribution in [2.45, 2.75) is 39.7 Å². The summed E-state index contributed by atoms with van der Waals surface area (Å²) >= 11 is 0. The van der Waals surface area contributed by atoms with Crippen LogP contribution in [-0.4, -0.2) is 42.5 Å². The van der Waals surface area contributed by atoms with Gasteiger partial charge >= 0.3 is 11.9 Å². The minimum absolute atomic E-state index is 0.141. The highest BCUT2D eigenvalue weighted by atomic mass is 16.6. The number of hydrogen-bond acceptors (Lipinski definition) is 8.